The van der Waals surface area contributed by atoms with E-state index >= 15 is 0 Å². The molecule has 0 spiro atoms. The van der Waals surface area contributed by atoms with Crippen molar-refractivity contribution in [3.63, 3.8) is 0 Å². The molecule has 0 saturated carbocycles. The highest BCUT2D eigenvalue weighted by Crippen LogP contribution is 2.54. The van der Waals surface area contributed by atoms with Crippen molar-refractivity contribution in [2.24, 2.45) is 5.92 Å². The van der Waals surface area contributed by atoms with E-state index in [1.165, 1.54) is 66.4 Å². The molecule has 0 nitrogen and oxygen atoms in total. The molecule has 0 bridgehead atoms. The van der Waals surface area contributed by atoms with Crippen LogP contribution in [0.25, 0.3) is 27.5 Å². The molecule has 0 heterocycles. The lowest BCUT2D eigenvalue weighted by atomic mass is 9.66. The van der Waals surface area contributed by atoms with E-state index in [-0.39, 0.29) is 17.3 Å². The third kappa shape index (κ3) is 3.18. The first-order valence-corrected chi connectivity index (χ1v) is 14.0. The molecule has 186 valence electrons. The Balaban J connectivity index is 1.36. The van der Waals surface area contributed by atoms with Crippen LogP contribution in [0, 0.1) is 5.92 Å². The molecule has 2 atom stereocenters. The monoisotopic (exact) mass is 498 g/mol. The van der Waals surface area contributed by atoms with Crippen LogP contribution in [0.1, 0.15) is 53.1 Å². The zero-order valence-electron chi connectivity index (χ0n) is 22.4. The van der Waals surface area contributed by atoms with Crippen molar-refractivity contribution >= 4 is 16.3 Å². The molecule has 0 fully saturated rings. The van der Waals surface area contributed by atoms with E-state index in [1.807, 2.05) is 0 Å². The SMILES string of the molecule is CC1(C)c2ccccc2-c2ccc(C3c4ccccc4C(c4cccc5ccccc45)=C4C=CC=CC43)cc21. The maximum absolute atomic E-state index is 2.52. The normalized spacial score (nSPS) is 19.9. The molecular weight excluding hydrogens is 468 g/mol. The Morgan fingerprint density at radius 2 is 1.31 bits per heavy atom. The van der Waals surface area contributed by atoms with E-state index < -0.39 is 0 Å². The first-order valence-electron chi connectivity index (χ1n) is 14.0. The van der Waals surface area contributed by atoms with Gasteiger partial charge in [-0.25, -0.2) is 0 Å². The van der Waals surface area contributed by atoms with Gasteiger partial charge in [-0.3, -0.25) is 0 Å². The van der Waals surface area contributed by atoms with E-state index in [1.54, 1.807) is 0 Å². The molecule has 0 aliphatic heterocycles. The lowest BCUT2D eigenvalue weighted by Gasteiger charge is -2.37. The highest BCUT2D eigenvalue weighted by atomic mass is 14.4. The predicted molar refractivity (Wildman–Crippen MR) is 164 cm³/mol. The summed E-state index contributed by atoms with van der Waals surface area (Å²) in [4.78, 5) is 0. The van der Waals surface area contributed by atoms with Crippen molar-refractivity contribution in [1.82, 2.24) is 0 Å². The van der Waals surface area contributed by atoms with Gasteiger partial charge in [-0.15, -0.1) is 0 Å². The Labute approximate surface area is 230 Å². The standard InChI is InChI=1S/C39H30/c1-39(2)35-21-10-9-15-28(35)29-23-22-26(24-36(29)39)37-31-16-5-7-18-33(31)38(34-19-8-6-17-32(34)37)30-20-11-13-25-12-3-4-14-27(25)30/h3-24,31,37H,1-2H3. The van der Waals surface area contributed by atoms with Crippen LogP contribution >= 0.6 is 0 Å². The van der Waals surface area contributed by atoms with Gasteiger partial charge in [0.2, 0.25) is 0 Å². The van der Waals surface area contributed by atoms with Gasteiger partial charge in [0.15, 0.2) is 0 Å². The molecule has 39 heavy (non-hydrogen) atoms. The Morgan fingerprint density at radius 3 is 2.23 bits per heavy atom. The number of allylic oxidation sites excluding steroid dienone is 5. The van der Waals surface area contributed by atoms with Gasteiger partial charge in [0.05, 0.1) is 0 Å². The summed E-state index contributed by atoms with van der Waals surface area (Å²) < 4.78 is 0. The molecule has 0 heteroatoms. The van der Waals surface area contributed by atoms with E-state index in [4.69, 9.17) is 0 Å². The van der Waals surface area contributed by atoms with Gasteiger partial charge in [-0.2, -0.15) is 0 Å². The van der Waals surface area contributed by atoms with Gasteiger partial charge in [0.1, 0.15) is 0 Å². The number of hydrogen-bond donors (Lipinski definition) is 0. The second-order valence-electron chi connectivity index (χ2n) is 11.7. The summed E-state index contributed by atoms with van der Waals surface area (Å²) >= 11 is 0. The van der Waals surface area contributed by atoms with Gasteiger partial charge in [-0.1, -0.05) is 147 Å². The number of rotatable bonds is 2. The first-order chi connectivity index (χ1) is 19.1. The first kappa shape index (κ1) is 22.6. The number of benzene rings is 5. The molecule has 3 aliphatic rings. The van der Waals surface area contributed by atoms with E-state index in [0.717, 1.165) is 0 Å². The molecule has 0 saturated heterocycles. The Morgan fingerprint density at radius 1 is 0.590 bits per heavy atom. The number of hydrogen-bond acceptors (Lipinski definition) is 0. The van der Waals surface area contributed by atoms with Crippen LogP contribution in [0.2, 0.25) is 0 Å². The lowest BCUT2D eigenvalue weighted by molar-refractivity contribution is 0.635. The third-order valence-electron chi connectivity index (χ3n) is 9.30. The largest absolute Gasteiger partial charge is 0.0760 e. The zero-order chi connectivity index (χ0) is 26.1. The van der Waals surface area contributed by atoms with Crippen molar-refractivity contribution in [2.75, 3.05) is 0 Å². The average molecular weight is 499 g/mol. The zero-order valence-corrected chi connectivity index (χ0v) is 22.4. The van der Waals surface area contributed by atoms with Crippen molar-refractivity contribution in [3.05, 3.63) is 172 Å². The molecule has 0 radical (unpaired) electrons. The van der Waals surface area contributed by atoms with Crippen LogP contribution in [-0.4, -0.2) is 0 Å². The van der Waals surface area contributed by atoms with Crippen LogP contribution in [-0.2, 0) is 5.41 Å². The maximum Gasteiger partial charge on any atom is 0.0199 e. The van der Waals surface area contributed by atoms with Gasteiger partial charge >= 0.3 is 0 Å². The van der Waals surface area contributed by atoms with Crippen molar-refractivity contribution in [3.8, 4) is 11.1 Å². The summed E-state index contributed by atoms with van der Waals surface area (Å²) in [6.45, 7) is 4.76. The fourth-order valence-electron chi connectivity index (χ4n) is 7.49. The molecule has 0 amide bonds. The molecule has 8 rings (SSSR count). The molecule has 5 aromatic rings. The summed E-state index contributed by atoms with van der Waals surface area (Å²) in [5, 5.41) is 2.60. The predicted octanol–water partition coefficient (Wildman–Crippen LogP) is 9.84. The van der Waals surface area contributed by atoms with E-state index in [0.29, 0.717) is 0 Å². The minimum atomic E-state index is -0.00872. The van der Waals surface area contributed by atoms with E-state index in [9.17, 15) is 0 Å². The highest BCUT2D eigenvalue weighted by Gasteiger charge is 2.39. The Bertz CT molecular complexity index is 1890. The summed E-state index contributed by atoms with van der Waals surface area (Å²) in [5.41, 5.74) is 13.9. The minimum Gasteiger partial charge on any atom is -0.0760 e. The summed E-state index contributed by atoms with van der Waals surface area (Å²) in [5.74, 6) is 0.546. The Hall–Kier alpha value is -4.42. The quantitative estimate of drug-likeness (QED) is 0.227. The average Bonchev–Trinajstić information content (AvgIpc) is 3.21. The van der Waals surface area contributed by atoms with Crippen molar-refractivity contribution < 1.29 is 0 Å². The molecule has 3 aliphatic carbocycles. The summed E-state index contributed by atoms with van der Waals surface area (Å²) in [6.07, 6.45) is 9.24. The molecular formula is C39H30. The number of fused-ring (bicyclic) bond motifs is 6. The van der Waals surface area contributed by atoms with Crippen LogP contribution in [0.4, 0.5) is 0 Å². The van der Waals surface area contributed by atoms with Gasteiger partial charge in [0, 0.05) is 17.3 Å². The van der Waals surface area contributed by atoms with Gasteiger partial charge < -0.3 is 0 Å². The van der Waals surface area contributed by atoms with Crippen LogP contribution < -0.4 is 0 Å². The highest BCUT2D eigenvalue weighted by molar-refractivity contribution is 6.01. The van der Waals surface area contributed by atoms with Crippen molar-refractivity contribution in [1.29, 1.82) is 0 Å². The fourth-order valence-corrected chi connectivity index (χ4v) is 7.49. The van der Waals surface area contributed by atoms with Crippen molar-refractivity contribution in [2.45, 2.75) is 25.2 Å². The van der Waals surface area contributed by atoms with Crippen LogP contribution in [0.5, 0.6) is 0 Å². The molecule has 2 unspecified atom stereocenters. The smallest absolute Gasteiger partial charge is 0.0199 e. The molecule has 0 N–H and O–H groups in total. The fraction of sp³-hybridized carbons (Fsp3) is 0.128. The Kier molecular flexibility index (Phi) is 4.79. The third-order valence-corrected chi connectivity index (χ3v) is 9.30. The van der Waals surface area contributed by atoms with Crippen LogP contribution in [0.3, 0.4) is 0 Å². The summed E-state index contributed by atoms with van der Waals surface area (Å²) in [7, 11) is 0. The summed E-state index contributed by atoms with van der Waals surface area (Å²) in [6, 6.07) is 40.9. The second-order valence-corrected chi connectivity index (χ2v) is 11.7. The second kappa shape index (κ2) is 8.29. The topological polar surface area (TPSA) is 0 Å². The molecule has 5 aromatic carbocycles. The lowest BCUT2D eigenvalue weighted by Crippen LogP contribution is -2.23. The van der Waals surface area contributed by atoms with Crippen LogP contribution in [0.15, 0.2) is 139 Å². The van der Waals surface area contributed by atoms with Gasteiger partial charge in [-0.05, 0) is 66.4 Å². The van der Waals surface area contributed by atoms with Gasteiger partial charge in [0.25, 0.3) is 0 Å². The maximum atomic E-state index is 2.52. The molecule has 0 aromatic heterocycles. The van der Waals surface area contributed by atoms with E-state index in [2.05, 4.69) is 147 Å². The minimum absolute atomic E-state index is 0.00872.